The van der Waals surface area contributed by atoms with E-state index in [1.165, 1.54) is 0 Å². The number of rotatable bonds is 4. The first kappa shape index (κ1) is 15.7. The molecule has 0 aromatic carbocycles. The van der Waals surface area contributed by atoms with Crippen LogP contribution in [0.25, 0.3) is 0 Å². The molecular formula is C15H30N4O. The highest BCUT2D eigenvalue weighted by Gasteiger charge is 2.38. The van der Waals surface area contributed by atoms with E-state index < -0.39 is 0 Å². The molecule has 2 fully saturated rings. The predicted molar refractivity (Wildman–Crippen MR) is 81.8 cm³/mol. The number of piperidine rings is 1. The zero-order valence-corrected chi connectivity index (χ0v) is 13.2. The number of carbonyl (C=O) groups excluding carboxylic acids is 1. The molecule has 116 valence electrons. The molecule has 1 unspecified atom stereocenters. The first-order chi connectivity index (χ1) is 9.57. The van der Waals surface area contributed by atoms with Gasteiger partial charge in [0.25, 0.3) is 0 Å². The molecule has 5 heteroatoms. The zero-order valence-electron chi connectivity index (χ0n) is 13.2. The first-order valence-corrected chi connectivity index (χ1v) is 7.95. The molecule has 0 aromatic rings. The number of likely N-dealkylation sites (N-methyl/N-ethyl adjacent to an activating group) is 2. The van der Waals surface area contributed by atoms with Gasteiger partial charge in [-0.1, -0.05) is 6.92 Å². The second kappa shape index (κ2) is 6.87. The van der Waals surface area contributed by atoms with Gasteiger partial charge in [0.15, 0.2) is 0 Å². The molecule has 2 saturated heterocycles. The Kier molecular flexibility index (Phi) is 5.41. The normalized spacial score (nSPS) is 28.2. The Balaban J connectivity index is 1.87. The third kappa shape index (κ3) is 3.51. The Hall–Kier alpha value is -0.650. The van der Waals surface area contributed by atoms with E-state index in [0.29, 0.717) is 6.04 Å². The molecule has 2 rings (SSSR count). The summed E-state index contributed by atoms with van der Waals surface area (Å²) in [6, 6.07) is 0.438. The molecule has 0 aliphatic carbocycles. The fraction of sp³-hybridized carbons (Fsp3) is 0.933. The molecule has 1 atom stereocenters. The van der Waals surface area contributed by atoms with E-state index >= 15 is 0 Å². The molecule has 5 nitrogen and oxygen atoms in total. The monoisotopic (exact) mass is 282 g/mol. The molecule has 0 aromatic heterocycles. The number of carbonyl (C=O) groups is 1. The van der Waals surface area contributed by atoms with E-state index in [1.807, 2.05) is 0 Å². The molecule has 2 aliphatic rings. The van der Waals surface area contributed by atoms with Gasteiger partial charge in [0.1, 0.15) is 0 Å². The summed E-state index contributed by atoms with van der Waals surface area (Å²) in [7, 11) is 4.31. The van der Waals surface area contributed by atoms with E-state index in [2.05, 4.69) is 41.5 Å². The van der Waals surface area contributed by atoms with Crippen molar-refractivity contribution in [1.29, 1.82) is 0 Å². The van der Waals surface area contributed by atoms with Gasteiger partial charge in [-0.25, -0.2) is 0 Å². The summed E-state index contributed by atoms with van der Waals surface area (Å²) in [5.74, 6) is 0.267. The molecule has 1 amide bonds. The maximum absolute atomic E-state index is 12.6. The Morgan fingerprint density at radius 2 is 2.00 bits per heavy atom. The van der Waals surface area contributed by atoms with Gasteiger partial charge in [0.05, 0.1) is 5.41 Å². The topological polar surface area (TPSA) is 47.6 Å². The summed E-state index contributed by atoms with van der Waals surface area (Å²) in [4.78, 5) is 17.3. The summed E-state index contributed by atoms with van der Waals surface area (Å²) in [6.07, 6.45) is 2.88. The molecule has 0 bridgehead atoms. The fourth-order valence-electron chi connectivity index (χ4n) is 3.37. The van der Waals surface area contributed by atoms with Crippen LogP contribution in [0.2, 0.25) is 0 Å². The zero-order chi connectivity index (χ0) is 14.6. The standard InChI is InChI=1S/C15H30N4O/c1-4-15(5-7-16-8-6-15)14(20)17-11-13-12-18(2)9-10-19(13)3/h13,16H,4-12H2,1-3H3,(H,17,20). The highest BCUT2D eigenvalue weighted by atomic mass is 16.2. The molecule has 0 spiro atoms. The van der Waals surface area contributed by atoms with E-state index in [0.717, 1.165) is 58.5 Å². The lowest BCUT2D eigenvalue weighted by Gasteiger charge is -2.39. The average molecular weight is 282 g/mol. The molecular weight excluding hydrogens is 252 g/mol. The fourth-order valence-corrected chi connectivity index (χ4v) is 3.37. The Labute approximate surface area is 123 Å². The van der Waals surface area contributed by atoms with Crippen molar-refractivity contribution in [3.8, 4) is 0 Å². The summed E-state index contributed by atoms with van der Waals surface area (Å²) in [5.41, 5.74) is -0.135. The minimum Gasteiger partial charge on any atom is -0.354 e. The number of piperazine rings is 1. The molecule has 2 aliphatic heterocycles. The van der Waals surface area contributed by atoms with Crippen molar-refractivity contribution in [2.24, 2.45) is 5.41 Å². The maximum atomic E-state index is 12.6. The highest BCUT2D eigenvalue weighted by molar-refractivity contribution is 5.82. The maximum Gasteiger partial charge on any atom is 0.226 e. The van der Waals surface area contributed by atoms with Crippen LogP contribution < -0.4 is 10.6 Å². The molecule has 0 saturated carbocycles. The van der Waals surface area contributed by atoms with E-state index in [4.69, 9.17) is 0 Å². The van der Waals surface area contributed by atoms with Crippen LogP contribution >= 0.6 is 0 Å². The third-order valence-electron chi connectivity index (χ3n) is 5.20. The van der Waals surface area contributed by atoms with Gasteiger partial charge >= 0.3 is 0 Å². The minimum atomic E-state index is -0.135. The van der Waals surface area contributed by atoms with Gasteiger partial charge in [-0.15, -0.1) is 0 Å². The second-order valence-electron chi connectivity index (χ2n) is 6.49. The van der Waals surface area contributed by atoms with Crippen molar-refractivity contribution in [2.45, 2.75) is 32.2 Å². The van der Waals surface area contributed by atoms with Gasteiger partial charge in [-0.3, -0.25) is 9.69 Å². The van der Waals surface area contributed by atoms with Crippen molar-refractivity contribution >= 4 is 5.91 Å². The van der Waals surface area contributed by atoms with E-state index in [9.17, 15) is 4.79 Å². The molecule has 2 N–H and O–H groups in total. The quantitative estimate of drug-likeness (QED) is 0.769. The lowest BCUT2D eigenvalue weighted by atomic mass is 9.76. The van der Waals surface area contributed by atoms with Crippen LogP contribution in [-0.4, -0.2) is 75.1 Å². The van der Waals surface area contributed by atoms with Crippen molar-refractivity contribution in [1.82, 2.24) is 20.4 Å². The second-order valence-corrected chi connectivity index (χ2v) is 6.49. The van der Waals surface area contributed by atoms with Crippen molar-refractivity contribution in [2.75, 3.05) is 53.4 Å². The van der Waals surface area contributed by atoms with Crippen molar-refractivity contribution in [3.05, 3.63) is 0 Å². The number of nitrogens with zero attached hydrogens (tertiary/aromatic N) is 2. The highest BCUT2D eigenvalue weighted by Crippen LogP contribution is 2.32. The van der Waals surface area contributed by atoms with Crippen LogP contribution in [0.4, 0.5) is 0 Å². The summed E-state index contributed by atoms with van der Waals surface area (Å²) in [5, 5.41) is 6.58. The number of hydrogen-bond acceptors (Lipinski definition) is 4. The third-order valence-corrected chi connectivity index (χ3v) is 5.20. The Bertz CT molecular complexity index is 328. The Morgan fingerprint density at radius 3 is 2.65 bits per heavy atom. The SMILES string of the molecule is CCC1(C(=O)NCC2CN(C)CCN2C)CCNCC1. The van der Waals surface area contributed by atoms with Crippen molar-refractivity contribution < 1.29 is 4.79 Å². The van der Waals surface area contributed by atoms with Crippen LogP contribution in [-0.2, 0) is 4.79 Å². The van der Waals surface area contributed by atoms with Crippen LogP contribution in [0.1, 0.15) is 26.2 Å². The smallest absolute Gasteiger partial charge is 0.226 e. The number of amides is 1. The van der Waals surface area contributed by atoms with Gasteiger partial charge in [0.2, 0.25) is 5.91 Å². The van der Waals surface area contributed by atoms with Gasteiger partial charge in [-0.05, 0) is 46.4 Å². The molecule has 2 heterocycles. The summed E-state index contributed by atoms with van der Waals surface area (Å²) < 4.78 is 0. The van der Waals surface area contributed by atoms with Crippen LogP contribution in [0, 0.1) is 5.41 Å². The molecule has 20 heavy (non-hydrogen) atoms. The lowest BCUT2D eigenvalue weighted by Crippen LogP contribution is -2.56. The first-order valence-electron chi connectivity index (χ1n) is 7.95. The van der Waals surface area contributed by atoms with Crippen LogP contribution in [0.3, 0.4) is 0 Å². The minimum absolute atomic E-state index is 0.135. The lowest BCUT2D eigenvalue weighted by molar-refractivity contribution is -0.133. The van der Waals surface area contributed by atoms with Gasteiger partial charge in [0, 0.05) is 32.2 Å². The number of nitrogens with one attached hydrogen (secondary N) is 2. The van der Waals surface area contributed by atoms with Crippen LogP contribution in [0.5, 0.6) is 0 Å². The van der Waals surface area contributed by atoms with Gasteiger partial charge in [-0.2, -0.15) is 0 Å². The van der Waals surface area contributed by atoms with Crippen molar-refractivity contribution in [3.63, 3.8) is 0 Å². The average Bonchev–Trinajstić information content (AvgIpc) is 2.48. The predicted octanol–water partition coefficient (Wildman–Crippen LogP) is 0.128. The van der Waals surface area contributed by atoms with Crippen LogP contribution in [0.15, 0.2) is 0 Å². The molecule has 0 radical (unpaired) electrons. The summed E-state index contributed by atoms with van der Waals surface area (Å²) >= 11 is 0. The summed E-state index contributed by atoms with van der Waals surface area (Å²) in [6.45, 7) is 8.09. The number of hydrogen-bond donors (Lipinski definition) is 2. The largest absolute Gasteiger partial charge is 0.354 e. The van der Waals surface area contributed by atoms with E-state index in [1.54, 1.807) is 0 Å². The van der Waals surface area contributed by atoms with Gasteiger partial charge < -0.3 is 15.5 Å². The van der Waals surface area contributed by atoms with E-state index in [-0.39, 0.29) is 11.3 Å². The Morgan fingerprint density at radius 1 is 1.30 bits per heavy atom.